The molecule has 0 bridgehead atoms. The molecule has 0 aliphatic rings. The third kappa shape index (κ3) is 7.54. The molecule has 59 valence electrons. The Morgan fingerprint density at radius 3 is 2.60 bits per heavy atom. The van der Waals surface area contributed by atoms with Crippen LogP contribution in [0.15, 0.2) is 12.3 Å². The number of hydrogen-bond acceptors (Lipinski definition) is 1. The fraction of sp³-hybridized carbons (Fsp3) is 0.667. The second-order valence-electron chi connectivity index (χ2n) is 2.24. The molecular formula is C9H17O. The van der Waals surface area contributed by atoms with Gasteiger partial charge in [-0.25, -0.2) is 0 Å². The maximum atomic E-state index is 5.13. The molecule has 0 aromatic carbocycles. The summed E-state index contributed by atoms with van der Waals surface area (Å²) < 4.78 is 5.13. The van der Waals surface area contributed by atoms with Crippen LogP contribution < -0.4 is 0 Å². The van der Waals surface area contributed by atoms with E-state index >= 15 is 0 Å². The van der Waals surface area contributed by atoms with Crippen LogP contribution in [-0.4, -0.2) is 6.61 Å². The van der Waals surface area contributed by atoms with Gasteiger partial charge in [-0.05, 0) is 26.2 Å². The van der Waals surface area contributed by atoms with Gasteiger partial charge in [0.05, 0.1) is 12.9 Å². The smallest absolute Gasteiger partial charge is 0.0873 e. The van der Waals surface area contributed by atoms with Gasteiger partial charge in [-0.1, -0.05) is 19.4 Å². The molecule has 0 spiro atoms. The summed E-state index contributed by atoms with van der Waals surface area (Å²) in [7, 11) is 0. The summed E-state index contributed by atoms with van der Waals surface area (Å²) in [5, 5.41) is 0. The Kier molecular flexibility index (Phi) is 8.15. The maximum absolute atomic E-state index is 5.13. The van der Waals surface area contributed by atoms with Crippen molar-refractivity contribution in [3.63, 3.8) is 0 Å². The molecule has 1 radical (unpaired) electrons. The summed E-state index contributed by atoms with van der Waals surface area (Å²) in [6.07, 6.45) is 9.46. The van der Waals surface area contributed by atoms with Gasteiger partial charge in [0.1, 0.15) is 0 Å². The second-order valence-corrected chi connectivity index (χ2v) is 2.24. The fourth-order valence-corrected chi connectivity index (χ4v) is 0.698. The lowest BCUT2D eigenvalue weighted by Crippen LogP contribution is -1.86. The van der Waals surface area contributed by atoms with Crippen molar-refractivity contribution in [2.75, 3.05) is 6.61 Å². The Bertz CT molecular complexity index is 76.8. The van der Waals surface area contributed by atoms with Crippen molar-refractivity contribution in [3.8, 4) is 0 Å². The number of hydrogen-bond donors (Lipinski definition) is 0. The van der Waals surface area contributed by atoms with Gasteiger partial charge in [0.15, 0.2) is 0 Å². The molecule has 10 heavy (non-hydrogen) atoms. The topological polar surface area (TPSA) is 9.23 Å². The highest BCUT2D eigenvalue weighted by molar-refractivity contribution is 4.65. The molecule has 0 saturated heterocycles. The van der Waals surface area contributed by atoms with E-state index in [1.54, 1.807) is 6.26 Å². The van der Waals surface area contributed by atoms with Crippen LogP contribution in [0, 0.1) is 6.42 Å². The van der Waals surface area contributed by atoms with Crippen LogP contribution in [0.2, 0.25) is 0 Å². The number of unbranched alkanes of at least 4 members (excludes halogenated alkanes) is 3. The van der Waals surface area contributed by atoms with Gasteiger partial charge in [-0.3, -0.25) is 0 Å². The molecule has 0 aliphatic heterocycles. The predicted octanol–water partition coefficient (Wildman–Crippen LogP) is 2.93. The largest absolute Gasteiger partial charge is 0.502 e. The van der Waals surface area contributed by atoms with Gasteiger partial charge in [0.25, 0.3) is 0 Å². The predicted molar refractivity (Wildman–Crippen MR) is 44.6 cm³/mol. The lowest BCUT2D eigenvalue weighted by molar-refractivity contribution is 0.241. The lowest BCUT2D eigenvalue weighted by atomic mass is 10.2. The Balaban J connectivity index is 2.77. The van der Waals surface area contributed by atoms with Gasteiger partial charge in [0.2, 0.25) is 0 Å². The minimum atomic E-state index is 0.859. The first-order valence-corrected chi connectivity index (χ1v) is 3.92. The molecule has 0 rings (SSSR count). The first kappa shape index (κ1) is 9.54. The zero-order valence-electron chi connectivity index (χ0n) is 6.97. The minimum absolute atomic E-state index is 0.859. The highest BCUT2D eigenvalue weighted by Gasteiger charge is 1.84. The van der Waals surface area contributed by atoms with Gasteiger partial charge in [0, 0.05) is 0 Å². The molecule has 0 atom stereocenters. The van der Waals surface area contributed by atoms with E-state index in [2.05, 4.69) is 13.3 Å². The van der Waals surface area contributed by atoms with Crippen LogP contribution in [0.1, 0.15) is 33.1 Å². The third-order valence-electron chi connectivity index (χ3n) is 1.24. The van der Waals surface area contributed by atoms with Gasteiger partial charge in [-0.2, -0.15) is 0 Å². The van der Waals surface area contributed by atoms with Crippen LogP contribution in [-0.2, 0) is 4.74 Å². The summed E-state index contributed by atoms with van der Waals surface area (Å²) >= 11 is 0. The SMILES string of the molecule is C[CH]CCCCOC=CC. The molecular weight excluding hydrogens is 124 g/mol. The number of ether oxygens (including phenoxy) is 1. The molecule has 0 N–H and O–H groups in total. The Hall–Kier alpha value is -0.460. The first-order chi connectivity index (χ1) is 4.91. The summed E-state index contributed by atoms with van der Waals surface area (Å²) in [6, 6.07) is 0. The normalized spacial score (nSPS) is 10.6. The molecule has 0 aromatic rings. The summed E-state index contributed by atoms with van der Waals surface area (Å²) in [5.41, 5.74) is 0. The van der Waals surface area contributed by atoms with Gasteiger partial charge in [-0.15, -0.1) is 0 Å². The molecule has 0 heterocycles. The van der Waals surface area contributed by atoms with E-state index < -0.39 is 0 Å². The van der Waals surface area contributed by atoms with Crippen molar-refractivity contribution in [1.82, 2.24) is 0 Å². The highest BCUT2D eigenvalue weighted by Crippen LogP contribution is 1.97. The van der Waals surface area contributed by atoms with Gasteiger partial charge < -0.3 is 4.74 Å². The molecule has 0 unspecified atom stereocenters. The zero-order chi connectivity index (χ0) is 7.66. The molecule has 0 fully saturated rings. The molecule has 0 saturated carbocycles. The summed E-state index contributed by atoms with van der Waals surface area (Å²) in [5.74, 6) is 0. The van der Waals surface area contributed by atoms with Crippen molar-refractivity contribution in [2.24, 2.45) is 0 Å². The number of rotatable bonds is 6. The van der Waals surface area contributed by atoms with E-state index in [1.165, 1.54) is 12.8 Å². The Morgan fingerprint density at radius 2 is 2.00 bits per heavy atom. The average molecular weight is 141 g/mol. The highest BCUT2D eigenvalue weighted by atomic mass is 16.5. The van der Waals surface area contributed by atoms with Crippen LogP contribution >= 0.6 is 0 Å². The van der Waals surface area contributed by atoms with E-state index in [0.29, 0.717) is 0 Å². The molecule has 1 heteroatoms. The van der Waals surface area contributed by atoms with Crippen molar-refractivity contribution in [2.45, 2.75) is 33.1 Å². The van der Waals surface area contributed by atoms with E-state index in [0.717, 1.165) is 13.0 Å². The van der Waals surface area contributed by atoms with Gasteiger partial charge >= 0.3 is 0 Å². The Labute approximate surface area is 64.1 Å². The molecule has 0 aromatic heterocycles. The lowest BCUT2D eigenvalue weighted by Gasteiger charge is -1.98. The standard InChI is InChI=1S/C9H17O/c1-3-5-6-7-9-10-8-4-2/h3-4,8H,5-7,9H2,1-2H3. The van der Waals surface area contributed by atoms with E-state index in [1.807, 2.05) is 13.0 Å². The molecule has 0 aliphatic carbocycles. The number of allylic oxidation sites excluding steroid dienone is 1. The Morgan fingerprint density at radius 1 is 1.20 bits per heavy atom. The van der Waals surface area contributed by atoms with Crippen molar-refractivity contribution >= 4 is 0 Å². The second kappa shape index (κ2) is 8.54. The van der Waals surface area contributed by atoms with Crippen molar-refractivity contribution in [1.29, 1.82) is 0 Å². The van der Waals surface area contributed by atoms with Crippen LogP contribution in [0.3, 0.4) is 0 Å². The van der Waals surface area contributed by atoms with E-state index in [4.69, 9.17) is 4.74 Å². The van der Waals surface area contributed by atoms with Crippen molar-refractivity contribution in [3.05, 3.63) is 18.8 Å². The molecule has 0 amide bonds. The van der Waals surface area contributed by atoms with Crippen LogP contribution in [0.25, 0.3) is 0 Å². The van der Waals surface area contributed by atoms with E-state index in [-0.39, 0.29) is 0 Å². The van der Waals surface area contributed by atoms with Crippen LogP contribution in [0.4, 0.5) is 0 Å². The average Bonchev–Trinajstić information content (AvgIpc) is 1.97. The first-order valence-electron chi connectivity index (χ1n) is 3.92. The quantitative estimate of drug-likeness (QED) is 0.408. The van der Waals surface area contributed by atoms with Crippen molar-refractivity contribution < 1.29 is 4.74 Å². The van der Waals surface area contributed by atoms with Crippen LogP contribution in [0.5, 0.6) is 0 Å². The summed E-state index contributed by atoms with van der Waals surface area (Å²) in [4.78, 5) is 0. The maximum Gasteiger partial charge on any atom is 0.0873 e. The zero-order valence-corrected chi connectivity index (χ0v) is 6.97. The van der Waals surface area contributed by atoms with E-state index in [9.17, 15) is 0 Å². The minimum Gasteiger partial charge on any atom is -0.502 e. The summed E-state index contributed by atoms with van der Waals surface area (Å²) in [6.45, 7) is 4.91. The fourth-order valence-electron chi connectivity index (χ4n) is 0.698. The monoisotopic (exact) mass is 141 g/mol. The molecule has 1 nitrogen and oxygen atoms in total. The third-order valence-corrected chi connectivity index (χ3v) is 1.24.